The number of nitrogens with one attached hydrogen (secondary N) is 2. The van der Waals surface area contributed by atoms with Crippen LogP contribution >= 0.6 is 0 Å². The first-order valence-corrected chi connectivity index (χ1v) is 12.2. The van der Waals surface area contributed by atoms with E-state index in [0.717, 1.165) is 11.0 Å². The van der Waals surface area contributed by atoms with Gasteiger partial charge in [0.2, 0.25) is 5.91 Å². The van der Waals surface area contributed by atoms with Crippen molar-refractivity contribution in [2.75, 3.05) is 11.9 Å². The molecule has 4 rings (SSSR count). The number of benzene rings is 3. The van der Waals surface area contributed by atoms with Crippen LogP contribution in [0.25, 0.3) is 0 Å². The molecule has 0 aliphatic carbocycles. The molecule has 0 saturated carbocycles. The van der Waals surface area contributed by atoms with E-state index >= 15 is 0 Å². The van der Waals surface area contributed by atoms with Gasteiger partial charge in [0, 0.05) is 49.8 Å². The predicted octanol–water partition coefficient (Wildman–Crippen LogP) is 3.47. The Labute approximate surface area is 228 Å². The monoisotopic (exact) mass is 544 g/mol. The van der Waals surface area contributed by atoms with Gasteiger partial charge in [-0.1, -0.05) is 24.3 Å². The number of anilines is 1. The zero-order chi connectivity index (χ0) is 28.8. The molecule has 0 aromatic heterocycles. The third-order valence-electron chi connectivity index (χ3n) is 6.04. The van der Waals surface area contributed by atoms with E-state index in [4.69, 9.17) is 4.74 Å². The summed E-state index contributed by atoms with van der Waals surface area (Å²) < 4.78 is 5.01. The summed E-state index contributed by atoms with van der Waals surface area (Å²) in [6.45, 7) is 1.34. The Morgan fingerprint density at radius 1 is 0.950 bits per heavy atom. The number of nitrogens with zero attached hydrogens (tertiary/aromatic N) is 2. The number of ether oxygens (including phenoxy) is 1. The predicted molar refractivity (Wildman–Crippen MR) is 142 cm³/mol. The number of nitro benzene ring substituents is 1. The maximum atomic E-state index is 12.6. The number of hydrogen-bond donors (Lipinski definition) is 2. The fourth-order valence-corrected chi connectivity index (χ4v) is 4.15. The van der Waals surface area contributed by atoms with E-state index < -0.39 is 28.6 Å². The summed E-state index contributed by atoms with van der Waals surface area (Å²) in [7, 11) is 0. The van der Waals surface area contributed by atoms with E-state index in [1.807, 2.05) is 0 Å². The highest BCUT2D eigenvalue weighted by molar-refractivity contribution is 6.21. The van der Waals surface area contributed by atoms with E-state index in [1.54, 1.807) is 42.5 Å². The lowest BCUT2D eigenvalue weighted by molar-refractivity contribution is -0.384. The quantitative estimate of drug-likeness (QED) is 0.129. The van der Waals surface area contributed by atoms with Gasteiger partial charge in [0.1, 0.15) is 5.75 Å². The van der Waals surface area contributed by atoms with Gasteiger partial charge in [0.05, 0.1) is 16.1 Å². The first-order valence-electron chi connectivity index (χ1n) is 12.2. The molecule has 3 aromatic carbocycles. The first kappa shape index (κ1) is 27.6. The second-order valence-electron chi connectivity index (χ2n) is 8.86. The second-order valence-corrected chi connectivity index (χ2v) is 8.86. The van der Waals surface area contributed by atoms with Gasteiger partial charge in [-0.2, -0.15) is 0 Å². The maximum absolute atomic E-state index is 12.6. The van der Waals surface area contributed by atoms with Gasteiger partial charge in [-0.05, 0) is 42.3 Å². The molecule has 40 heavy (non-hydrogen) atoms. The molecular formula is C28H24N4O8. The van der Waals surface area contributed by atoms with Crippen molar-refractivity contribution >= 4 is 41.0 Å². The minimum Gasteiger partial charge on any atom is -0.427 e. The van der Waals surface area contributed by atoms with Crippen LogP contribution in [0.4, 0.5) is 11.4 Å². The van der Waals surface area contributed by atoms with E-state index in [0.29, 0.717) is 16.8 Å². The molecule has 12 heteroatoms. The molecule has 0 unspecified atom stereocenters. The SMILES string of the molecule is CC(=O)Oc1cccc(C(=O)NCc2ccccc2NC(=O)CCCN2C(=O)c3ccc([N+](=O)[O-])cc3C2=O)c1. The van der Waals surface area contributed by atoms with E-state index in [1.165, 1.54) is 25.1 Å². The number of hydrogen-bond acceptors (Lipinski definition) is 8. The van der Waals surface area contributed by atoms with Crippen LogP contribution in [0.15, 0.2) is 66.7 Å². The molecule has 204 valence electrons. The standard InChI is InChI=1S/C28H24N4O8/c1-17(33)40-21-8-4-7-18(14-21)26(35)29-16-19-6-2-3-9-24(19)30-25(34)10-5-13-31-27(36)22-12-11-20(32(38)39)15-23(22)28(31)37/h2-4,6-9,11-12,14-15H,5,10,13,16H2,1H3,(H,29,35)(H,30,34). The number of amides is 4. The lowest BCUT2D eigenvalue weighted by Gasteiger charge is -2.14. The topological polar surface area (TPSA) is 165 Å². The molecule has 0 bridgehead atoms. The molecule has 0 radical (unpaired) electrons. The van der Waals surface area contributed by atoms with Crippen molar-refractivity contribution < 1.29 is 33.6 Å². The molecule has 1 aliphatic heterocycles. The number of imide groups is 1. The van der Waals surface area contributed by atoms with Crippen molar-refractivity contribution in [2.24, 2.45) is 0 Å². The minimum atomic E-state index is -0.641. The molecule has 0 atom stereocenters. The lowest BCUT2D eigenvalue weighted by atomic mass is 10.1. The maximum Gasteiger partial charge on any atom is 0.308 e. The number of nitro groups is 1. The molecule has 1 aliphatic rings. The van der Waals surface area contributed by atoms with Crippen LogP contribution in [0.3, 0.4) is 0 Å². The average Bonchev–Trinajstić information content (AvgIpc) is 3.16. The number of carbonyl (C=O) groups is 5. The molecule has 3 aromatic rings. The lowest BCUT2D eigenvalue weighted by Crippen LogP contribution is -2.31. The van der Waals surface area contributed by atoms with Crippen molar-refractivity contribution in [3.8, 4) is 5.75 Å². The molecule has 0 saturated heterocycles. The summed E-state index contributed by atoms with van der Waals surface area (Å²) in [4.78, 5) is 72.9. The molecular weight excluding hydrogens is 520 g/mol. The normalized spacial score (nSPS) is 12.1. The zero-order valence-electron chi connectivity index (χ0n) is 21.3. The van der Waals surface area contributed by atoms with Gasteiger partial charge in [0.25, 0.3) is 23.4 Å². The average molecular weight is 545 g/mol. The fourth-order valence-electron chi connectivity index (χ4n) is 4.15. The van der Waals surface area contributed by atoms with Crippen LogP contribution in [0.5, 0.6) is 5.75 Å². The summed E-state index contributed by atoms with van der Waals surface area (Å²) in [6.07, 6.45) is 0.175. The van der Waals surface area contributed by atoms with Crippen molar-refractivity contribution in [1.29, 1.82) is 0 Å². The molecule has 2 N–H and O–H groups in total. The molecule has 0 spiro atoms. The largest absolute Gasteiger partial charge is 0.427 e. The van der Waals surface area contributed by atoms with Crippen molar-refractivity contribution in [3.05, 3.63) is 99.1 Å². The number of rotatable bonds is 10. The van der Waals surface area contributed by atoms with Gasteiger partial charge in [-0.3, -0.25) is 39.0 Å². The van der Waals surface area contributed by atoms with Gasteiger partial charge < -0.3 is 15.4 Å². The van der Waals surface area contributed by atoms with Gasteiger partial charge in [-0.25, -0.2) is 0 Å². The van der Waals surface area contributed by atoms with Crippen LogP contribution in [0, 0.1) is 10.1 Å². The summed E-state index contributed by atoms with van der Waals surface area (Å²) in [5, 5.41) is 16.5. The Hall–Kier alpha value is -5.39. The highest BCUT2D eigenvalue weighted by atomic mass is 16.6. The van der Waals surface area contributed by atoms with E-state index in [-0.39, 0.29) is 54.4 Å². The Kier molecular flexibility index (Phi) is 8.28. The number of para-hydroxylation sites is 1. The van der Waals surface area contributed by atoms with Gasteiger partial charge in [-0.15, -0.1) is 0 Å². The second kappa shape index (κ2) is 12.0. The fraction of sp³-hybridized carbons (Fsp3) is 0.179. The third-order valence-corrected chi connectivity index (χ3v) is 6.04. The number of carbonyl (C=O) groups excluding carboxylic acids is 5. The van der Waals surface area contributed by atoms with Crippen molar-refractivity contribution in [1.82, 2.24) is 10.2 Å². The Morgan fingerprint density at radius 2 is 1.70 bits per heavy atom. The van der Waals surface area contributed by atoms with Gasteiger partial charge >= 0.3 is 5.97 Å². The Bertz CT molecular complexity index is 1530. The van der Waals surface area contributed by atoms with Crippen LogP contribution in [-0.2, 0) is 16.1 Å². The summed E-state index contributed by atoms with van der Waals surface area (Å²) >= 11 is 0. The Morgan fingerprint density at radius 3 is 2.45 bits per heavy atom. The molecule has 1 heterocycles. The molecule has 12 nitrogen and oxygen atoms in total. The molecule has 4 amide bonds. The van der Waals surface area contributed by atoms with Crippen molar-refractivity contribution in [3.63, 3.8) is 0 Å². The minimum absolute atomic E-state index is 0.00279. The number of esters is 1. The summed E-state index contributed by atoms with van der Waals surface area (Å²) in [5.74, 6) is -2.22. The first-order chi connectivity index (χ1) is 19.1. The summed E-state index contributed by atoms with van der Waals surface area (Å²) in [5.41, 5.74) is 1.19. The van der Waals surface area contributed by atoms with Crippen LogP contribution in [-0.4, -0.2) is 46.0 Å². The van der Waals surface area contributed by atoms with E-state index in [2.05, 4.69) is 10.6 Å². The smallest absolute Gasteiger partial charge is 0.308 e. The highest BCUT2D eigenvalue weighted by Gasteiger charge is 2.36. The summed E-state index contributed by atoms with van der Waals surface area (Å²) in [6, 6.07) is 16.6. The number of fused-ring (bicyclic) bond motifs is 1. The highest BCUT2D eigenvalue weighted by Crippen LogP contribution is 2.27. The number of non-ortho nitro benzene ring substituents is 1. The van der Waals surface area contributed by atoms with Gasteiger partial charge in [0.15, 0.2) is 0 Å². The van der Waals surface area contributed by atoms with E-state index in [9.17, 15) is 34.1 Å². The van der Waals surface area contributed by atoms with Crippen LogP contribution < -0.4 is 15.4 Å². The Balaban J connectivity index is 1.31. The third kappa shape index (κ3) is 6.35. The van der Waals surface area contributed by atoms with Crippen LogP contribution in [0.1, 0.15) is 56.4 Å². The van der Waals surface area contributed by atoms with Crippen LogP contribution in [0.2, 0.25) is 0 Å². The molecule has 0 fully saturated rings. The zero-order valence-corrected chi connectivity index (χ0v) is 21.3. The van der Waals surface area contributed by atoms with Crippen molar-refractivity contribution in [2.45, 2.75) is 26.3 Å².